The predicted octanol–water partition coefficient (Wildman–Crippen LogP) is 3.27. The number of carbonyl (C=O) groups is 4. The summed E-state index contributed by atoms with van der Waals surface area (Å²) in [5.74, 6) is -1.56. The number of ether oxygens (including phenoxy) is 2. The third kappa shape index (κ3) is 7.74. The molecule has 52 heavy (non-hydrogen) atoms. The van der Waals surface area contributed by atoms with E-state index in [0.717, 1.165) is 16.3 Å². The van der Waals surface area contributed by atoms with E-state index < -0.39 is 74.1 Å². The summed E-state index contributed by atoms with van der Waals surface area (Å²) < 4.78 is 39.6. The lowest BCUT2D eigenvalue weighted by Crippen LogP contribution is -2.60. The number of hydrogen-bond acceptors (Lipinski definition) is 10. The number of rotatable bonds is 7. The Kier molecular flexibility index (Phi) is 10.0. The van der Waals surface area contributed by atoms with Gasteiger partial charge < -0.3 is 29.9 Å². The monoisotopic (exact) mass is 736 g/mol. The van der Waals surface area contributed by atoms with E-state index in [9.17, 15) is 27.6 Å². The highest BCUT2D eigenvalue weighted by Crippen LogP contribution is 2.45. The lowest BCUT2D eigenvalue weighted by atomic mass is 9.85. The van der Waals surface area contributed by atoms with Crippen LogP contribution < -0.4 is 25.0 Å². The van der Waals surface area contributed by atoms with Gasteiger partial charge >= 0.3 is 6.09 Å². The number of sulfonamides is 1. The summed E-state index contributed by atoms with van der Waals surface area (Å²) in [6.45, 7) is 9.27. The molecule has 14 nitrogen and oxygen atoms in total. The van der Waals surface area contributed by atoms with E-state index in [4.69, 9.17) is 14.5 Å². The van der Waals surface area contributed by atoms with Gasteiger partial charge in [0.2, 0.25) is 27.7 Å². The van der Waals surface area contributed by atoms with Crippen molar-refractivity contribution in [3.8, 4) is 5.88 Å². The zero-order valence-electron chi connectivity index (χ0n) is 30.3. The summed E-state index contributed by atoms with van der Waals surface area (Å²) in [7, 11) is -0.152. The molecule has 4 bridgehead atoms. The van der Waals surface area contributed by atoms with Gasteiger partial charge in [-0.2, -0.15) is 4.98 Å². The van der Waals surface area contributed by atoms with E-state index >= 15 is 0 Å². The summed E-state index contributed by atoms with van der Waals surface area (Å²) in [5, 5.41) is 6.54. The van der Waals surface area contributed by atoms with Gasteiger partial charge in [0.25, 0.3) is 5.91 Å². The zero-order valence-corrected chi connectivity index (χ0v) is 31.1. The van der Waals surface area contributed by atoms with Crippen molar-refractivity contribution >= 4 is 56.5 Å². The first-order chi connectivity index (χ1) is 24.5. The van der Waals surface area contributed by atoms with Gasteiger partial charge in [-0.3, -0.25) is 19.1 Å². The smallest absolute Gasteiger partial charge is 0.407 e. The summed E-state index contributed by atoms with van der Waals surface area (Å²) in [6, 6.07) is 5.67. The molecular formula is C37H48N6O8S. The Bertz CT molecular complexity index is 1920. The Morgan fingerprint density at radius 1 is 1.17 bits per heavy atom. The number of fused-ring (bicyclic) bond motifs is 3. The van der Waals surface area contributed by atoms with Gasteiger partial charge in [0.1, 0.15) is 29.5 Å². The second-order valence-electron chi connectivity index (χ2n) is 15.4. The van der Waals surface area contributed by atoms with Crippen molar-refractivity contribution in [1.29, 1.82) is 0 Å². The Hall–Kier alpha value is -4.66. The fraction of sp³-hybridized carbons (Fsp3) is 0.541. The minimum Gasteiger partial charge on any atom is -0.472 e. The molecular weight excluding hydrogens is 689 g/mol. The number of nitrogens with one attached hydrogen (secondary N) is 3. The number of amides is 4. The summed E-state index contributed by atoms with van der Waals surface area (Å²) in [5.41, 5.74) is -1.43. The molecule has 1 saturated heterocycles. The molecule has 6 rings (SSSR count). The van der Waals surface area contributed by atoms with E-state index in [1.165, 1.54) is 11.0 Å². The van der Waals surface area contributed by atoms with Crippen LogP contribution in [0.2, 0.25) is 0 Å². The van der Waals surface area contributed by atoms with Crippen molar-refractivity contribution in [1.82, 2.24) is 25.2 Å². The highest BCUT2D eigenvalue weighted by atomic mass is 32.2. The van der Waals surface area contributed by atoms with Gasteiger partial charge in [0, 0.05) is 31.8 Å². The van der Waals surface area contributed by atoms with Crippen molar-refractivity contribution in [2.45, 2.75) is 88.3 Å². The molecule has 2 aliphatic heterocycles. The molecule has 0 spiro atoms. The van der Waals surface area contributed by atoms with Gasteiger partial charge in [0.15, 0.2) is 0 Å². The molecule has 1 unspecified atom stereocenters. The molecule has 3 heterocycles. The molecule has 1 aromatic heterocycles. The topological polar surface area (TPSA) is 176 Å². The van der Waals surface area contributed by atoms with Gasteiger partial charge in [0.05, 0.1) is 18.4 Å². The lowest BCUT2D eigenvalue weighted by Gasteiger charge is -2.35. The molecule has 1 aromatic carbocycles. The zero-order chi connectivity index (χ0) is 37.6. The van der Waals surface area contributed by atoms with Gasteiger partial charge in [-0.15, -0.1) is 6.58 Å². The lowest BCUT2D eigenvalue weighted by molar-refractivity contribution is -0.142. The molecule has 2 aromatic rings. The van der Waals surface area contributed by atoms with E-state index in [1.54, 1.807) is 20.8 Å². The Balaban J connectivity index is 1.37. The number of hydrogen-bond donors (Lipinski definition) is 3. The fourth-order valence-electron chi connectivity index (χ4n) is 6.75. The van der Waals surface area contributed by atoms with Crippen LogP contribution in [0.3, 0.4) is 0 Å². The number of alkyl carbamates (subject to hydrolysis) is 1. The summed E-state index contributed by atoms with van der Waals surface area (Å²) in [4.78, 5) is 63.3. The first-order valence-corrected chi connectivity index (χ1v) is 19.3. The Morgan fingerprint density at radius 2 is 1.92 bits per heavy atom. The van der Waals surface area contributed by atoms with Crippen molar-refractivity contribution in [3.05, 3.63) is 48.6 Å². The number of anilines is 1. The fourth-order valence-corrected chi connectivity index (χ4v) is 8.12. The molecule has 3 fully saturated rings. The van der Waals surface area contributed by atoms with Crippen molar-refractivity contribution < 1.29 is 37.1 Å². The van der Waals surface area contributed by atoms with Crippen molar-refractivity contribution in [3.63, 3.8) is 0 Å². The van der Waals surface area contributed by atoms with Crippen LogP contribution >= 0.6 is 0 Å². The van der Waals surface area contributed by atoms with Gasteiger partial charge in [-0.1, -0.05) is 51.1 Å². The first kappa shape index (κ1) is 37.1. The second kappa shape index (κ2) is 14.1. The Morgan fingerprint density at radius 3 is 2.58 bits per heavy atom. The normalized spacial score (nSPS) is 27.4. The highest BCUT2D eigenvalue weighted by Gasteiger charge is 2.62. The van der Waals surface area contributed by atoms with Crippen molar-refractivity contribution in [2.75, 3.05) is 32.1 Å². The maximum atomic E-state index is 14.5. The third-order valence-electron chi connectivity index (χ3n) is 10.1. The van der Waals surface area contributed by atoms with Crippen LogP contribution in [-0.2, 0) is 29.1 Å². The molecule has 280 valence electrons. The molecule has 4 aliphatic rings. The number of pyridine rings is 1. The number of carbonyl (C=O) groups excluding carboxylic acids is 4. The number of cyclic esters (lactones) is 1. The van der Waals surface area contributed by atoms with Crippen LogP contribution in [0, 0.1) is 11.3 Å². The number of benzene rings is 1. The first-order valence-electron chi connectivity index (χ1n) is 17.7. The SMILES string of the molecule is C=C[C@@H]1CC1(NC(=O)[C@@H]1C[C@@H]2CN1C(=O)[C@H](C(C)(C)C)NC(=O)OCCC/C=C/c1ccc3cc(N(C)C)nc(c3c1)O2)C(=O)NS(=O)(=O)C1CC1. The van der Waals surface area contributed by atoms with Gasteiger partial charge in [-0.05, 0) is 60.6 Å². The van der Waals surface area contributed by atoms with Crippen molar-refractivity contribution in [2.24, 2.45) is 11.3 Å². The number of nitrogens with zero attached hydrogens (tertiary/aromatic N) is 3. The van der Waals surface area contributed by atoms with Gasteiger partial charge in [-0.25, -0.2) is 13.2 Å². The quantitative estimate of drug-likeness (QED) is 0.358. The predicted molar refractivity (Wildman–Crippen MR) is 196 cm³/mol. The minimum absolute atomic E-state index is 0.0324. The average molecular weight is 737 g/mol. The van der Waals surface area contributed by atoms with E-state index in [0.29, 0.717) is 37.4 Å². The van der Waals surface area contributed by atoms with E-state index in [2.05, 4.69) is 21.9 Å². The van der Waals surface area contributed by atoms with Crippen LogP contribution in [0.4, 0.5) is 10.6 Å². The maximum Gasteiger partial charge on any atom is 0.407 e. The number of aromatic nitrogens is 1. The van der Waals surface area contributed by atoms with E-state index in [1.807, 2.05) is 55.4 Å². The summed E-state index contributed by atoms with van der Waals surface area (Å²) >= 11 is 0. The summed E-state index contributed by atoms with van der Waals surface area (Å²) in [6.07, 6.45) is 6.33. The molecule has 0 radical (unpaired) electrons. The Labute approximate surface area is 304 Å². The highest BCUT2D eigenvalue weighted by molar-refractivity contribution is 7.91. The molecule has 2 aliphatic carbocycles. The molecule has 5 atom stereocenters. The minimum atomic E-state index is -3.89. The van der Waals surface area contributed by atoms with Crippen LogP contribution in [0.25, 0.3) is 16.8 Å². The standard InChI is InChI=1S/C37H48N6O8S/c1-7-24-20-37(24,34(46)41-52(48,49)26-14-15-26)40-31(44)28-19-25-21-43(28)33(45)30(36(2,3)4)39-35(47)50-16-10-8-9-11-22-12-13-23-18-29(42(5)6)38-32(51-25)27(23)17-22/h7,9,11-13,17-18,24-26,28,30H,1,8,10,14-16,19-21H2,2-6H3,(H,39,47)(H,40,44)(H,41,46)/b11-9+/t24-,25-,28+,30-,37?/m1/s1. The van der Waals surface area contributed by atoms with Crippen LogP contribution in [0.1, 0.15) is 64.9 Å². The van der Waals surface area contributed by atoms with E-state index in [-0.39, 0.29) is 26.0 Å². The number of allylic oxidation sites excluding steroid dienone is 1. The second-order valence-corrected chi connectivity index (χ2v) is 17.4. The molecule has 4 amide bonds. The molecule has 2 saturated carbocycles. The maximum absolute atomic E-state index is 14.5. The molecule has 15 heteroatoms. The van der Waals surface area contributed by atoms with Crippen LogP contribution in [0.5, 0.6) is 5.88 Å². The van der Waals surface area contributed by atoms with Crippen LogP contribution in [0.15, 0.2) is 43.0 Å². The third-order valence-corrected chi connectivity index (χ3v) is 11.9. The largest absolute Gasteiger partial charge is 0.472 e. The van der Waals surface area contributed by atoms with Crippen LogP contribution in [-0.4, -0.2) is 98.3 Å². The average Bonchev–Trinajstić information content (AvgIpc) is 4.00. The molecule has 3 N–H and O–H groups in total.